The molecule has 15 rings (SSSR count). The molecular weight excluding hydrogens is 1340 g/mol. The van der Waals surface area contributed by atoms with E-state index in [0.717, 1.165) is 116 Å². The van der Waals surface area contributed by atoms with Crippen LogP contribution in [0.2, 0.25) is 0 Å². The Morgan fingerprint density at radius 2 is 0.726 bits per heavy atom. The molecule has 106 heavy (non-hydrogen) atoms. The molecule has 15 aromatic rings. The molecule has 0 aliphatic carbocycles. The monoisotopic (exact) mass is 1410 g/mol. The number of aromatic carboxylic acids is 3. The summed E-state index contributed by atoms with van der Waals surface area (Å²) in [4.78, 5) is 34.4. The minimum atomic E-state index is -1.04. The van der Waals surface area contributed by atoms with Crippen LogP contribution in [0, 0.1) is 58.4 Å². The Morgan fingerprint density at radius 1 is 0.415 bits per heavy atom. The zero-order valence-electron chi connectivity index (χ0n) is 58.9. The molecule has 0 amide bonds. The smallest absolute Gasteiger partial charge is 0.335 e. The molecule has 0 aliphatic rings. The summed E-state index contributed by atoms with van der Waals surface area (Å²) in [5, 5.41) is 84.2. The molecule has 0 saturated carbocycles. The van der Waals surface area contributed by atoms with Crippen LogP contribution in [0.3, 0.4) is 0 Å². The van der Waals surface area contributed by atoms with Crippen molar-refractivity contribution < 1.29 is 42.9 Å². The number of aromatic amines is 3. The van der Waals surface area contributed by atoms with Crippen molar-refractivity contribution in [2.24, 2.45) is 0 Å². The van der Waals surface area contributed by atoms with Crippen LogP contribution in [0.1, 0.15) is 131 Å². The molecule has 21 heteroatoms. The van der Waals surface area contributed by atoms with Crippen LogP contribution in [-0.4, -0.2) is 77.5 Å². The maximum Gasteiger partial charge on any atom is 0.335 e. The van der Waals surface area contributed by atoms with Gasteiger partial charge in [0.05, 0.1) is 99.7 Å². The van der Waals surface area contributed by atoms with Gasteiger partial charge in [-0.15, -0.1) is 0 Å². The number of nitrogens with one attached hydrogen (secondary N) is 3. The number of benzene rings is 9. The molecule has 0 unspecified atom stereocenters. The van der Waals surface area contributed by atoms with Gasteiger partial charge >= 0.3 is 17.9 Å². The molecular formula is C85H71F3N12O6. The number of carbonyl (C=O) groups is 3. The third-order valence-corrected chi connectivity index (χ3v) is 19.9. The summed E-state index contributed by atoms with van der Waals surface area (Å²) < 4.78 is 50.6. The van der Waals surface area contributed by atoms with E-state index in [1.807, 2.05) is 93.1 Å². The van der Waals surface area contributed by atoms with Gasteiger partial charge in [0.25, 0.3) is 0 Å². The first-order valence-corrected chi connectivity index (χ1v) is 34.1. The van der Waals surface area contributed by atoms with Crippen molar-refractivity contribution in [2.75, 3.05) is 0 Å². The molecule has 18 nitrogen and oxygen atoms in total. The number of halogens is 3. The number of carboxylic acids is 3. The quantitative estimate of drug-likeness (QED) is 0.0468. The Kier molecular flexibility index (Phi) is 19.1. The number of nitrogens with zero attached hydrogens (tertiary/aromatic N) is 9. The average molecular weight is 1410 g/mol. The molecule has 0 bridgehead atoms. The summed E-state index contributed by atoms with van der Waals surface area (Å²) in [6.07, 6.45) is 5.99. The van der Waals surface area contributed by atoms with E-state index in [0.29, 0.717) is 18.5 Å². The van der Waals surface area contributed by atoms with Gasteiger partial charge in [0.1, 0.15) is 17.5 Å². The fraction of sp³-hybridized carbons (Fsp3) is 0.188. The molecule has 0 saturated heterocycles. The number of aromatic nitrogens is 9. The first-order valence-electron chi connectivity index (χ1n) is 34.1. The van der Waals surface area contributed by atoms with Crippen molar-refractivity contribution in [3.63, 3.8) is 0 Å². The normalized spacial score (nSPS) is 11.7. The maximum atomic E-state index is 14.8. The number of carboxylic acid groups (broad SMARTS) is 3. The number of hydrogen-bond donors (Lipinski definition) is 6. The zero-order valence-corrected chi connectivity index (χ0v) is 58.9. The zero-order chi connectivity index (χ0) is 75.1. The SMILES string of the molecule is CC(C)(CC#N)c1c(-c2ccc(C(=O)O)cc2)c2cc3[nH]ncc3cc2n1Cc1c(F)cccc1F.CC(C)(CC#N)c1c(-c2ccc(C(=O)O)cc2)c2cc3[nH]ncc3cc2n1Cc1ccccc1F.Cc1ccccc1Cn1c(C(C)(C)CC#N)c(-c2ccc(C(=O)O)cc2)c2cc3[nH]ncc3cc21. The summed E-state index contributed by atoms with van der Waals surface area (Å²) in [7, 11) is 0. The highest BCUT2D eigenvalue weighted by molar-refractivity contribution is 6.08. The first kappa shape index (κ1) is 71.1. The third-order valence-electron chi connectivity index (χ3n) is 19.9. The van der Waals surface area contributed by atoms with Crippen molar-refractivity contribution in [2.45, 2.75) is 104 Å². The number of fused-ring (bicyclic) bond motifs is 6. The maximum absolute atomic E-state index is 14.8. The summed E-state index contributed by atoms with van der Waals surface area (Å²) in [6.45, 7) is 15.0. The van der Waals surface area contributed by atoms with Crippen LogP contribution in [0.5, 0.6) is 0 Å². The fourth-order valence-electron chi connectivity index (χ4n) is 14.6. The summed E-state index contributed by atoms with van der Waals surface area (Å²) in [5.74, 6) is -4.60. The number of hydrogen-bond acceptors (Lipinski definition) is 9. The summed E-state index contributed by atoms with van der Waals surface area (Å²) in [6, 6.07) is 58.1. The van der Waals surface area contributed by atoms with Gasteiger partial charge in [0.15, 0.2) is 0 Å². The second-order valence-corrected chi connectivity index (χ2v) is 28.4. The molecule has 0 spiro atoms. The van der Waals surface area contributed by atoms with Gasteiger partial charge in [-0.3, -0.25) is 15.3 Å². The van der Waals surface area contributed by atoms with Crippen molar-refractivity contribution in [3.8, 4) is 51.6 Å². The Bertz CT molecular complexity index is 5820. The van der Waals surface area contributed by atoms with Gasteiger partial charge in [-0.05, 0) is 126 Å². The van der Waals surface area contributed by atoms with E-state index >= 15 is 0 Å². The highest BCUT2D eigenvalue weighted by Crippen LogP contribution is 2.48. The molecule has 0 atom stereocenters. The van der Waals surface area contributed by atoms with Crippen LogP contribution >= 0.6 is 0 Å². The molecule has 6 N–H and O–H groups in total. The van der Waals surface area contributed by atoms with Gasteiger partial charge in [-0.25, -0.2) is 27.6 Å². The van der Waals surface area contributed by atoms with Crippen molar-refractivity contribution in [1.82, 2.24) is 44.3 Å². The Morgan fingerprint density at radius 3 is 1.06 bits per heavy atom. The standard InChI is InChI=1S/C29H26N4O2.C28H22F2N4O2.C28H23FN4O2/c1-18-6-4-5-7-21(18)17-33-25-14-22-16-31-32-24(22)15-23(25)26(27(33)29(2,3)12-13-30)19-8-10-20(11-9-19)28(34)35;1-28(2,10-11-31)26-25(16-6-8-17(9-7-16)27(35)36)19-13-23-18(14-32-33-23)12-24(19)34(26)15-20-21(29)4-3-5-22(20)30;1-28(2,11-12-30)26-25(17-7-9-18(10-8-17)27(34)35)21-14-23-20(15-31-32-23)13-24(21)33(26)16-19-5-3-4-6-22(19)29/h4-11,14-16H,12,17H2,1-3H3,(H,31,32)(H,34,35);3-9,12-14H,10,15H2,1-2H3,(H,32,33)(H,35,36);3-10,13-15H,11,16H2,1-2H3,(H,31,32)(H,34,35). The van der Waals surface area contributed by atoms with Crippen molar-refractivity contribution in [1.29, 1.82) is 15.8 Å². The lowest BCUT2D eigenvalue weighted by atomic mass is 9.81. The lowest BCUT2D eigenvalue weighted by Crippen LogP contribution is -2.23. The van der Waals surface area contributed by atoms with E-state index in [1.165, 1.54) is 47.5 Å². The van der Waals surface area contributed by atoms with Gasteiger partial charge in [-0.2, -0.15) is 31.1 Å². The minimum absolute atomic E-state index is 0.0801. The number of rotatable bonds is 18. The third kappa shape index (κ3) is 13.5. The lowest BCUT2D eigenvalue weighted by Gasteiger charge is -2.27. The van der Waals surface area contributed by atoms with Crippen molar-refractivity contribution >= 4 is 83.3 Å². The molecule has 0 fully saturated rings. The second-order valence-electron chi connectivity index (χ2n) is 28.4. The van der Waals surface area contributed by atoms with Gasteiger partial charge in [0.2, 0.25) is 0 Å². The van der Waals surface area contributed by atoms with E-state index in [2.05, 4.69) is 103 Å². The highest BCUT2D eigenvalue weighted by Gasteiger charge is 2.36. The molecule has 0 aliphatic heterocycles. The van der Waals surface area contributed by atoms with Crippen LogP contribution in [-0.2, 0) is 35.9 Å². The van der Waals surface area contributed by atoms with Gasteiger partial charge < -0.3 is 29.0 Å². The molecule has 6 heterocycles. The summed E-state index contributed by atoms with van der Waals surface area (Å²) >= 11 is 0. The highest BCUT2D eigenvalue weighted by atomic mass is 19.1. The molecule has 6 aromatic heterocycles. The Labute approximate surface area is 606 Å². The lowest BCUT2D eigenvalue weighted by molar-refractivity contribution is 0.0686. The predicted octanol–water partition coefficient (Wildman–Crippen LogP) is 19.1. The molecule has 528 valence electrons. The van der Waals surface area contributed by atoms with Crippen LogP contribution in [0.25, 0.3) is 98.8 Å². The van der Waals surface area contributed by atoms with Crippen LogP contribution in [0.4, 0.5) is 13.2 Å². The minimum Gasteiger partial charge on any atom is -0.478 e. The Hall–Kier alpha value is -13.3. The topological polar surface area (TPSA) is 284 Å². The number of H-pyrrole nitrogens is 3. The largest absolute Gasteiger partial charge is 0.478 e. The Balaban J connectivity index is 0.000000141. The van der Waals surface area contributed by atoms with Crippen LogP contribution in [0.15, 0.2) is 195 Å². The van der Waals surface area contributed by atoms with E-state index in [-0.39, 0.29) is 54.0 Å². The first-order chi connectivity index (χ1) is 50.8. The van der Waals surface area contributed by atoms with Crippen molar-refractivity contribution in [3.05, 3.63) is 268 Å². The van der Waals surface area contributed by atoms with E-state index in [4.69, 9.17) is 0 Å². The van der Waals surface area contributed by atoms with Gasteiger partial charge in [0, 0.05) is 119 Å². The summed E-state index contributed by atoms with van der Waals surface area (Å²) in [5.41, 5.74) is 14.8. The van der Waals surface area contributed by atoms with Crippen LogP contribution < -0.4 is 0 Å². The number of aryl methyl sites for hydroxylation is 1. The van der Waals surface area contributed by atoms with E-state index in [1.54, 1.807) is 73.1 Å². The van der Waals surface area contributed by atoms with Gasteiger partial charge in [-0.1, -0.05) is 126 Å². The molecule has 0 radical (unpaired) electrons. The molecule has 9 aromatic carbocycles. The average Bonchev–Trinajstić information content (AvgIpc) is 1.58. The number of nitriles is 3. The van der Waals surface area contributed by atoms with E-state index in [9.17, 15) is 58.7 Å². The fourth-order valence-corrected chi connectivity index (χ4v) is 14.6. The second kappa shape index (κ2) is 28.5. The predicted molar refractivity (Wildman–Crippen MR) is 403 cm³/mol. The van der Waals surface area contributed by atoms with E-state index < -0.39 is 45.8 Å².